The van der Waals surface area contributed by atoms with Crippen LogP contribution in [0, 0.1) is 0 Å². The van der Waals surface area contributed by atoms with Crippen LogP contribution in [0.5, 0.6) is 0 Å². The van der Waals surface area contributed by atoms with Crippen molar-refractivity contribution in [2.75, 3.05) is 6.61 Å². The van der Waals surface area contributed by atoms with Gasteiger partial charge in [-0.1, -0.05) is 0 Å². The van der Waals surface area contributed by atoms with Crippen molar-refractivity contribution in [3.8, 4) is 0 Å². The van der Waals surface area contributed by atoms with E-state index in [1.165, 1.54) is 6.34 Å². The maximum Gasteiger partial charge on any atom is 0.472 e. The number of hydrogen-bond donors (Lipinski definition) is 2. The van der Waals surface area contributed by atoms with Crippen LogP contribution in [0.4, 0.5) is 0 Å². The van der Waals surface area contributed by atoms with Gasteiger partial charge in [-0.15, -0.1) is 0 Å². The van der Waals surface area contributed by atoms with Crippen LogP contribution in [-0.2, 0) is 23.1 Å². The van der Waals surface area contributed by atoms with Gasteiger partial charge >= 0.3 is 7.82 Å². The molecule has 13 heteroatoms. The molecule has 2 saturated heterocycles. The average molecular weight is 352 g/mol. The maximum atomic E-state index is 11.7. The molecule has 4 rings (SSSR count). The fourth-order valence-electron chi connectivity index (χ4n) is 2.74. The first-order chi connectivity index (χ1) is 10.4. The van der Waals surface area contributed by atoms with Gasteiger partial charge in [0, 0.05) is 36.0 Å². The second kappa shape index (κ2) is 6.01. The number of phosphoric ester groups is 1. The van der Waals surface area contributed by atoms with Crippen LogP contribution in [0.15, 0.2) is 15.0 Å². The molecule has 2 unspecified atom stereocenters. The normalized spacial score (nSPS) is 41.8. The first-order valence-electron chi connectivity index (χ1n) is 6.52. The van der Waals surface area contributed by atoms with Gasteiger partial charge in [-0.2, -0.15) is 9.98 Å². The summed E-state index contributed by atoms with van der Waals surface area (Å²) in [7, 11) is -4.02. The van der Waals surface area contributed by atoms with Crippen LogP contribution < -0.4 is 5.73 Å². The van der Waals surface area contributed by atoms with Crippen molar-refractivity contribution in [3.05, 3.63) is 0 Å². The zero-order chi connectivity index (χ0) is 15.5. The number of carbonyl (C=O) groups is 1. The van der Waals surface area contributed by atoms with Crippen molar-refractivity contribution in [1.29, 1.82) is 0 Å². The van der Waals surface area contributed by atoms with E-state index in [4.69, 9.17) is 19.5 Å². The van der Waals surface area contributed by atoms with Crippen LogP contribution in [0.1, 0.15) is 6.42 Å². The molecule has 4 aliphatic rings. The molecule has 0 aromatic heterocycles. The molecule has 3 N–H and O–H groups in total. The molecule has 0 bridgehead atoms. The molecule has 0 spiro atoms. The zero-order valence-electron chi connectivity index (χ0n) is 12.1. The van der Waals surface area contributed by atoms with Crippen molar-refractivity contribution >= 4 is 61.4 Å². The van der Waals surface area contributed by atoms with E-state index in [1.54, 1.807) is 4.90 Å². The number of guanidine groups is 1. The molecular formula is C10H12N5NaO6P. The summed E-state index contributed by atoms with van der Waals surface area (Å²) in [6.07, 6.45) is 0.145. The van der Waals surface area contributed by atoms with Gasteiger partial charge in [-0.25, -0.2) is 4.57 Å². The van der Waals surface area contributed by atoms with Gasteiger partial charge < -0.3 is 15.4 Å². The Morgan fingerprint density at radius 3 is 2.96 bits per heavy atom. The van der Waals surface area contributed by atoms with E-state index in [9.17, 15) is 14.3 Å². The van der Waals surface area contributed by atoms with E-state index in [2.05, 4.69) is 15.0 Å². The number of amides is 1. The minimum Gasteiger partial charge on any atom is -0.368 e. The number of ether oxygens (including phenoxy) is 1. The number of aliphatic imine (C=N–C) groups is 3. The Hall–Kier alpha value is -0.650. The van der Waals surface area contributed by atoms with Crippen LogP contribution in [-0.4, -0.2) is 94.5 Å². The van der Waals surface area contributed by atoms with Gasteiger partial charge in [0.1, 0.15) is 18.4 Å². The summed E-state index contributed by atoms with van der Waals surface area (Å²) in [6, 6.07) is -0.820. The summed E-state index contributed by atoms with van der Waals surface area (Å²) in [5.41, 5.74) is 5.50. The summed E-state index contributed by atoms with van der Waals surface area (Å²) in [5.74, 6) is -0.299. The van der Waals surface area contributed by atoms with E-state index in [0.717, 1.165) is 0 Å². The molecule has 4 heterocycles. The number of phosphoric acid groups is 1. The number of amidine groups is 1. The predicted octanol–water partition coefficient (Wildman–Crippen LogP) is -1.80. The molecule has 1 amide bonds. The van der Waals surface area contributed by atoms with Gasteiger partial charge in [-0.3, -0.25) is 23.7 Å². The molecular weight excluding hydrogens is 340 g/mol. The fraction of sp³-hybridized carbons (Fsp3) is 0.600. The van der Waals surface area contributed by atoms with Gasteiger partial charge in [0.05, 0.1) is 12.9 Å². The SMILES string of the molecule is NC1=NC(=O)C2N=CN([C@H]3C[C@@H]4OP(=O)(O)OC[C@H]4O3)C2=N1.[Na]. The van der Waals surface area contributed by atoms with E-state index >= 15 is 0 Å². The van der Waals surface area contributed by atoms with Crippen LogP contribution in [0.2, 0.25) is 0 Å². The van der Waals surface area contributed by atoms with Gasteiger partial charge in [0.2, 0.25) is 5.96 Å². The molecule has 2 fully saturated rings. The third-order valence-corrected chi connectivity index (χ3v) is 4.71. The van der Waals surface area contributed by atoms with E-state index in [0.29, 0.717) is 12.3 Å². The minimum atomic E-state index is -4.02. The summed E-state index contributed by atoms with van der Waals surface area (Å²) < 4.78 is 26.9. The number of nitrogens with zero attached hydrogens (tertiary/aromatic N) is 4. The Bertz CT molecular complexity index is 683. The predicted molar refractivity (Wildman–Crippen MR) is 77.9 cm³/mol. The summed E-state index contributed by atoms with van der Waals surface area (Å²) >= 11 is 0. The Morgan fingerprint density at radius 2 is 2.17 bits per heavy atom. The number of fused-ring (bicyclic) bond motifs is 2. The Morgan fingerprint density at radius 1 is 1.39 bits per heavy atom. The smallest absolute Gasteiger partial charge is 0.368 e. The topological polar surface area (TPSA) is 148 Å². The third-order valence-electron chi connectivity index (χ3n) is 3.70. The molecule has 119 valence electrons. The Balaban J connectivity index is 0.00000156. The molecule has 1 radical (unpaired) electrons. The molecule has 23 heavy (non-hydrogen) atoms. The summed E-state index contributed by atoms with van der Waals surface area (Å²) in [5, 5.41) is 0. The standard InChI is InChI=1S/C10H12N5O6P.Na/c11-10-13-8-7(9(16)14-10)12-3-15(8)6-1-4-5(20-6)2-19-22(17,18)21-4;/h3-7H,1-2H2,(H,17,18)(H2,11,14,16);/t4-,5+,6+,7?;/m0./s1. The van der Waals surface area contributed by atoms with Crippen LogP contribution in [0.25, 0.3) is 0 Å². The Labute approximate surface area is 152 Å². The molecule has 0 aromatic rings. The van der Waals surface area contributed by atoms with E-state index in [1.807, 2.05) is 0 Å². The first kappa shape index (κ1) is 17.2. The fourth-order valence-corrected chi connectivity index (χ4v) is 3.70. The zero-order valence-corrected chi connectivity index (χ0v) is 15.0. The third kappa shape index (κ3) is 3.03. The molecule has 11 nitrogen and oxygen atoms in total. The number of rotatable bonds is 1. The summed E-state index contributed by atoms with van der Waals surface area (Å²) in [4.78, 5) is 34.3. The summed E-state index contributed by atoms with van der Waals surface area (Å²) in [6.45, 7) is -0.0433. The Kier molecular flexibility index (Phi) is 4.49. The van der Waals surface area contributed by atoms with Crippen LogP contribution in [0.3, 0.4) is 0 Å². The second-order valence-corrected chi connectivity index (χ2v) is 6.53. The van der Waals surface area contributed by atoms with Crippen molar-refractivity contribution in [2.24, 2.45) is 20.7 Å². The molecule has 4 aliphatic heterocycles. The van der Waals surface area contributed by atoms with Gasteiger partial charge in [0.25, 0.3) is 5.91 Å². The minimum absolute atomic E-state index is 0. The van der Waals surface area contributed by atoms with Gasteiger partial charge in [-0.05, 0) is 0 Å². The largest absolute Gasteiger partial charge is 0.472 e. The second-order valence-electron chi connectivity index (χ2n) is 5.13. The number of nitrogens with two attached hydrogens (primary N) is 1. The molecule has 0 saturated carbocycles. The van der Waals surface area contributed by atoms with Crippen molar-refractivity contribution < 1.29 is 28.0 Å². The van der Waals surface area contributed by atoms with Gasteiger partial charge in [0.15, 0.2) is 11.9 Å². The monoisotopic (exact) mass is 352 g/mol. The molecule has 0 aliphatic carbocycles. The van der Waals surface area contributed by atoms with Crippen LogP contribution >= 0.6 is 7.82 Å². The average Bonchev–Trinajstić information content (AvgIpc) is 3.00. The quantitative estimate of drug-likeness (QED) is 0.415. The number of carbonyl (C=O) groups excluding carboxylic acids is 1. The maximum absolute atomic E-state index is 11.7. The van der Waals surface area contributed by atoms with Crippen molar-refractivity contribution in [3.63, 3.8) is 0 Å². The van der Waals surface area contributed by atoms with E-state index in [-0.39, 0.29) is 42.1 Å². The van der Waals surface area contributed by atoms with Crippen molar-refractivity contribution in [1.82, 2.24) is 4.90 Å². The molecule has 5 atom stereocenters. The first-order valence-corrected chi connectivity index (χ1v) is 8.02. The van der Waals surface area contributed by atoms with E-state index < -0.39 is 38.2 Å². The molecule has 0 aromatic carbocycles. The van der Waals surface area contributed by atoms with Crippen molar-refractivity contribution in [2.45, 2.75) is 30.9 Å². The number of hydrogen-bond acceptors (Lipinski definition) is 9.